The summed E-state index contributed by atoms with van der Waals surface area (Å²) in [5.74, 6) is -1.03. The number of carbonyl (C=O) groups is 2. The van der Waals surface area contributed by atoms with E-state index in [0.29, 0.717) is 5.56 Å². The van der Waals surface area contributed by atoms with Gasteiger partial charge in [0.15, 0.2) is 0 Å². The summed E-state index contributed by atoms with van der Waals surface area (Å²) in [6.07, 6.45) is 0.126. The maximum atomic E-state index is 12.6. The third kappa shape index (κ3) is 4.73. The van der Waals surface area contributed by atoms with Crippen LogP contribution in [0.1, 0.15) is 30.4 Å². The molecule has 0 aliphatic carbocycles. The lowest BCUT2D eigenvalue weighted by Crippen LogP contribution is -2.40. The Morgan fingerprint density at radius 2 is 1.63 bits per heavy atom. The first-order chi connectivity index (χ1) is 12.9. The van der Waals surface area contributed by atoms with Crippen LogP contribution < -0.4 is 0 Å². The van der Waals surface area contributed by atoms with Gasteiger partial charge in [-0.15, -0.1) is 0 Å². The molecule has 0 N–H and O–H groups in total. The third-order valence-corrected chi connectivity index (χ3v) is 4.67. The van der Waals surface area contributed by atoms with Crippen LogP contribution in [0.25, 0.3) is 0 Å². The summed E-state index contributed by atoms with van der Waals surface area (Å²) in [7, 11) is 3.38. The Kier molecular flexibility index (Phi) is 6.73. The average Bonchev–Trinajstić information content (AvgIpc) is 2.68. The number of rotatable bonds is 7. The Balaban J connectivity index is 2.63. The molecule has 2 atom stereocenters. The van der Waals surface area contributed by atoms with E-state index in [0.717, 1.165) is 5.56 Å². The van der Waals surface area contributed by atoms with Crippen molar-refractivity contribution in [1.82, 2.24) is 4.90 Å². The van der Waals surface area contributed by atoms with Crippen LogP contribution in [-0.4, -0.2) is 37.5 Å². The van der Waals surface area contributed by atoms with Gasteiger partial charge in [-0.25, -0.2) is 0 Å². The Morgan fingerprint density at radius 3 is 2.11 bits per heavy atom. The molecule has 0 saturated carbocycles. The van der Waals surface area contributed by atoms with Gasteiger partial charge in [0.25, 0.3) is 0 Å². The van der Waals surface area contributed by atoms with E-state index in [4.69, 9.17) is 4.74 Å². The second kappa shape index (κ2) is 9.00. The molecule has 0 unspecified atom stereocenters. The lowest BCUT2D eigenvalue weighted by Gasteiger charge is -2.35. The fourth-order valence-corrected chi connectivity index (χ4v) is 3.13. The highest BCUT2D eigenvalue weighted by Crippen LogP contribution is 2.42. The molecule has 0 spiro atoms. The molecule has 0 fully saturated rings. The van der Waals surface area contributed by atoms with E-state index >= 15 is 0 Å². The number of hydrogen-bond acceptors (Lipinski definition) is 4. The topological polar surface area (TPSA) is 70.4 Å². The van der Waals surface area contributed by atoms with Crippen molar-refractivity contribution in [2.75, 3.05) is 20.7 Å². The molecular formula is C22H24N2O3. The van der Waals surface area contributed by atoms with Crippen molar-refractivity contribution in [2.45, 2.75) is 24.7 Å². The van der Waals surface area contributed by atoms with E-state index in [1.54, 1.807) is 14.1 Å². The van der Waals surface area contributed by atoms with Gasteiger partial charge >= 0.3 is 5.97 Å². The zero-order valence-corrected chi connectivity index (χ0v) is 15.9. The standard InChI is InChI=1S/C22H24N2O3/c1-17(25)27-16-22(15-23,19-12-8-5-9-13-19)20(14-21(26)24(2)3)18-10-6-4-7-11-18/h4-13,20H,14,16H2,1-3H3/t20-,22+/m0/s1. The molecule has 0 aliphatic heterocycles. The largest absolute Gasteiger partial charge is 0.464 e. The molecule has 2 aromatic carbocycles. The monoisotopic (exact) mass is 364 g/mol. The molecule has 27 heavy (non-hydrogen) atoms. The number of amides is 1. The van der Waals surface area contributed by atoms with Crippen LogP contribution in [0.5, 0.6) is 0 Å². The number of benzene rings is 2. The summed E-state index contributed by atoms with van der Waals surface area (Å²) < 4.78 is 5.31. The summed E-state index contributed by atoms with van der Waals surface area (Å²) in [5.41, 5.74) is 0.388. The van der Waals surface area contributed by atoms with Crippen LogP contribution in [-0.2, 0) is 19.7 Å². The predicted molar refractivity (Wildman–Crippen MR) is 103 cm³/mol. The van der Waals surface area contributed by atoms with Crippen LogP contribution in [0, 0.1) is 11.3 Å². The lowest BCUT2D eigenvalue weighted by atomic mass is 9.67. The first-order valence-corrected chi connectivity index (χ1v) is 8.76. The minimum atomic E-state index is -1.18. The Hall–Kier alpha value is -3.13. The van der Waals surface area contributed by atoms with Crippen molar-refractivity contribution in [1.29, 1.82) is 5.26 Å². The van der Waals surface area contributed by atoms with Crippen molar-refractivity contribution in [2.24, 2.45) is 0 Å². The quantitative estimate of drug-likeness (QED) is 0.707. The van der Waals surface area contributed by atoms with Gasteiger partial charge in [0, 0.05) is 33.4 Å². The third-order valence-electron chi connectivity index (χ3n) is 4.67. The molecule has 0 aliphatic rings. The summed E-state index contributed by atoms with van der Waals surface area (Å²) in [4.78, 5) is 25.6. The van der Waals surface area contributed by atoms with Gasteiger partial charge in [-0.3, -0.25) is 9.59 Å². The highest BCUT2D eigenvalue weighted by molar-refractivity contribution is 5.77. The van der Waals surface area contributed by atoms with E-state index in [1.807, 2.05) is 60.7 Å². The van der Waals surface area contributed by atoms with Crippen molar-refractivity contribution in [3.8, 4) is 6.07 Å². The number of carbonyl (C=O) groups excluding carboxylic acids is 2. The highest BCUT2D eigenvalue weighted by atomic mass is 16.5. The van der Waals surface area contributed by atoms with Gasteiger partial charge in [-0.05, 0) is 11.1 Å². The van der Waals surface area contributed by atoms with E-state index in [-0.39, 0.29) is 18.9 Å². The molecule has 0 bridgehead atoms. The molecule has 5 nitrogen and oxygen atoms in total. The molecule has 0 radical (unpaired) electrons. The number of esters is 1. The number of nitriles is 1. The summed E-state index contributed by atoms with van der Waals surface area (Å²) in [5, 5.41) is 10.3. The second-order valence-corrected chi connectivity index (χ2v) is 6.68. The van der Waals surface area contributed by atoms with Gasteiger partial charge in [0.2, 0.25) is 5.91 Å². The minimum absolute atomic E-state index is 0.0952. The summed E-state index contributed by atoms with van der Waals surface area (Å²) in [6.45, 7) is 1.19. The molecule has 0 aromatic heterocycles. The molecular weight excluding hydrogens is 340 g/mol. The zero-order valence-electron chi connectivity index (χ0n) is 15.9. The maximum Gasteiger partial charge on any atom is 0.302 e. The van der Waals surface area contributed by atoms with Gasteiger partial charge in [0.1, 0.15) is 12.0 Å². The molecule has 0 saturated heterocycles. The van der Waals surface area contributed by atoms with E-state index in [1.165, 1.54) is 11.8 Å². The Morgan fingerprint density at radius 1 is 1.07 bits per heavy atom. The molecule has 1 amide bonds. The van der Waals surface area contributed by atoms with E-state index < -0.39 is 17.3 Å². The molecule has 2 rings (SSSR count). The summed E-state index contributed by atoms with van der Waals surface area (Å²) in [6, 6.07) is 21.0. The van der Waals surface area contributed by atoms with Crippen LogP contribution in [0.4, 0.5) is 0 Å². The number of nitrogens with zero attached hydrogens (tertiary/aromatic N) is 2. The smallest absolute Gasteiger partial charge is 0.302 e. The first-order valence-electron chi connectivity index (χ1n) is 8.76. The molecule has 0 heterocycles. The fourth-order valence-electron chi connectivity index (χ4n) is 3.13. The summed E-state index contributed by atoms with van der Waals surface area (Å²) >= 11 is 0. The fraction of sp³-hybridized carbons (Fsp3) is 0.318. The Bertz CT molecular complexity index is 812. The van der Waals surface area contributed by atoms with Crippen LogP contribution in [0.3, 0.4) is 0 Å². The van der Waals surface area contributed by atoms with Gasteiger partial charge in [-0.1, -0.05) is 60.7 Å². The van der Waals surface area contributed by atoms with Crippen LogP contribution in [0.15, 0.2) is 60.7 Å². The lowest BCUT2D eigenvalue weighted by molar-refractivity contribution is -0.142. The van der Waals surface area contributed by atoms with Crippen molar-refractivity contribution in [3.63, 3.8) is 0 Å². The molecule has 5 heteroatoms. The van der Waals surface area contributed by atoms with Gasteiger partial charge in [-0.2, -0.15) is 5.26 Å². The van der Waals surface area contributed by atoms with Crippen LogP contribution >= 0.6 is 0 Å². The highest BCUT2D eigenvalue weighted by Gasteiger charge is 2.44. The number of ether oxygens (including phenoxy) is 1. The zero-order chi connectivity index (χ0) is 19.9. The van der Waals surface area contributed by atoms with E-state index in [2.05, 4.69) is 6.07 Å². The van der Waals surface area contributed by atoms with Crippen molar-refractivity contribution < 1.29 is 14.3 Å². The average molecular weight is 364 g/mol. The van der Waals surface area contributed by atoms with E-state index in [9.17, 15) is 14.9 Å². The Labute approximate surface area is 160 Å². The SMILES string of the molecule is CC(=O)OC[C@](C#N)(c1ccccc1)[C@@H](CC(=O)N(C)C)c1ccccc1. The van der Waals surface area contributed by atoms with Gasteiger partial charge < -0.3 is 9.64 Å². The minimum Gasteiger partial charge on any atom is -0.464 e. The van der Waals surface area contributed by atoms with Gasteiger partial charge in [0.05, 0.1) is 6.07 Å². The normalized spacial score (nSPS) is 13.7. The number of hydrogen-bond donors (Lipinski definition) is 0. The maximum absolute atomic E-state index is 12.6. The molecule has 2 aromatic rings. The van der Waals surface area contributed by atoms with Crippen LogP contribution in [0.2, 0.25) is 0 Å². The van der Waals surface area contributed by atoms with Crippen molar-refractivity contribution in [3.05, 3.63) is 71.8 Å². The molecule has 140 valence electrons. The first kappa shape index (κ1) is 20.2. The second-order valence-electron chi connectivity index (χ2n) is 6.68. The predicted octanol–water partition coefficient (Wildman–Crippen LogP) is 3.27. The van der Waals surface area contributed by atoms with Crippen molar-refractivity contribution >= 4 is 11.9 Å².